The van der Waals surface area contributed by atoms with Crippen molar-refractivity contribution in [1.82, 2.24) is 4.90 Å². The van der Waals surface area contributed by atoms with E-state index in [-0.39, 0.29) is 0 Å². The van der Waals surface area contributed by atoms with Crippen molar-refractivity contribution in [2.75, 3.05) is 27.2 Å². The Balaban J connectivity index is 2.59. The van der Waals surface area contributed by atoms with Gasteiger partial charge >= 0.3 is 0 Å². The molecule has 1 unspecified atom stereocenters. The number of hydrogen-bond acceptors (Lipinski definition) is 3. The average molecular weight is 143 g/mol. The molecule has 3 nitrogen and oxygen atoms in total. The molecule has 0 saturated carbocycles. The van der Waals surface area contributed by atoms with Gasteiger partial charge in [0.15, 0.2) is 6.29 Å². The summed E-state index contributed by atoms with van der Waals surface area (Å²) < 4.78 is 5.11. The molecule has 0 aromatic carbocycles. The molecule has 1 fully saturated rings. The topological polar surface area (TPSA) is 29.5 Å². The summed E-state index contributed by atoms with van der Waals surface area (Å²) >= 11 is 0. The lowest BCUT2D eigenvalue weighted by molar-refractivity contribution is -0.126. The largest absolute Gasteiger partial charge is 0.369 e. The first-order chi connectivity index (χ1) is 4.72. The maximum absolute atomic E-state index is 10.6. The molecule has 1 aliphatic heterocycles. The fraction of sp³-hybridized carbons (Fsp3) is 0.857. The molecular formula is C7H13NO2. The third-order valence-corrected chi connectivity index (χ3v) is 2.08. The average Bonchev–Trinajstić information content (AvgIpc) is 2.33. The molecule has 0 bridgehead atoms. The third-order valence-electron chi connectivity index (χ3n) is 2.08. The van der Waals surface area contributed by atoms with E-state index in [9.17, 15) is 4.79 Å². The Bertz CT molecular complexity index is 138. The van der Waals surface area contributed by atoms with Crippen LogP contribution in [0.1, 0.15) is 6.42 Å². The van der Waals surface area contributed by atoms with Gasteiger partial charge in [0.2, 0.25) is 0 Å². The van der Waals surface area contributed by atoms with Crippen LogP contribution in [0.4, 0.5) is 0 Å². The Labute approximate surface area is 61.0 Å². The predicted molar refractivity (Wildman–Crippen MR) is 37.9 cm³/mol. The van der Waals surface area contributed by atoms with Crippen molar-refractivity contribution in [3.8, 4) is 0 Å². The highest BCUT2D eigenvalue weighted by Gasteiger charge is 2.36. The molecule has 58 valence electrons. The number of aldehydes is 1. The van der Waals surface area contributed by atoms with Crippen LogP contribution in [0.5, 0.6) is 0 Å². The van der Waals surface area contributed by atoms with E-state index < -0.39 is 5.60 Å². The van der Waals surface area contributed by atoms with Gasteiger partial charge in [0.05, 0.1) is 0 Å². The quantitative estimate of drug-likeness (QED) is 0.506. The monoisotopic (exact) mass is 143 g/mol. The minimum atomic E-state index is -0.505. The van der Waals surface area contributed by atoms with Gasteiger partial charge in [-0.3, -0.25) is 0 Å². The molecule has 0 aliphatic carbocycles. The van der Waals surface area contributed by atoms with E-state index in [1.165, 1.54) is 0 Å². The lowest BCUT2D eigenvalue weighted by Gasteiger charge is -2.19. The summed E-state index contributed by atoms with van der Waals surface area (Å²) in [6.07, 6.45) is 1.74. The standard InChI is InChI=1S/C7H13NO2/c1-8-4-3-7(5-8,6-9)10-2/h6H,3-5H2,1-2H3. The number of rotatable bonds is 2. The van der Waals surface area contributed by atoms with Gasteiger partial charge in [-0.15, -0.1) is 0 Å². The van der Waals surface area contributed by atoms with Crippen LogP contribution in [0.3, 0.4) is 0 Å². The molecule has 0 spiro atoms. The zero-order chi connectivity index (χ0) is 7.61. The molecular weight excluding hydrogens is 130 g/mol. The van der Waals surface area contributed by atoms with Crippen LogP contribution < -0.4 is 0 Å². The summed E-state index contributed by atoms with van der Waals surface area (Å²) in [4.78, 5) is 12.6. The number of ether oxygens (including phenoxy) is 1. The second-order valence-electron chi connectivity index (χ2n) is 2.87. The molecule has 10 heavy (non-hydrogen) atoms. The number of hydrogen-bond donors (Lipinski definition) is 0. The van der Waals surface area contributed by atoms with E-state index >= 15 is 0 Å². The zero-order valence-corrected chi connectivity index (χ0v) is 6.46. The minimum absolute atomic E-state index is 0.505. The Morgan fingerprint density at radius 3 is 2.60 bits per heavy atom. The number of carbonyl (C=O) groups is 1. The van der Waals surface area contributed by atoms with Crippen LogP contribution in [0.25, 0.3) is 0 Å². The summed E-state index contributed by atoms with van der Waals surface area (Å²) in [5.74, 6) is 0. The second-order valence-corrected chi connectivity index (χ2v) is 2.87. The highest BCUT2D eigenvalue weighted by molar-refractivity contribution is 5.63. The van der Waals surface area contributed by atoms with Gasteiger partial charge < -0.3 is 14.4 Å². The van der Waals surface area contributed by atoms with Gasteiger partial charge in [0.25, 0.3) is 0 Å². The summed E-state index contributed by atoms with van der Waals surface area (Å²) in [6, 6.07) is 0. The second kappa shape index (κ2) is 2.68. The first kappa shape index (κ1) is 7.69. The van der Waals surface area contributed by atoms with Crippen molar-refractivity contribution < 1.29 is 9.53 Å². The first-order valence-corrected chi connectivity index (χ1v) is 3.42. The molecule has 3 heteroatoms. The number of methoxy groups -OCH3 is 1. The zero-order valence-electron chi connectivity index (χ0n) is 6.46. The van der Waals surface area contributed by atoms with E-state index in [1.807, 2.05) is 7.05 Å². The maximum atomic E-state index is 10.6. The smallest absolute Gasteiger partial charge is 0.153 e. The summed E-state index contributed by atoms with van der Waals surface area (Å²) in [5.41, 5.74) is -0.505. The van der Waals surface area contributed by atoms with Crippen molar-refractivity contribution >= 4 is 6.29 Å². The Morgan fingerprint density at radius 1 is 1.70 bits per heavy atom. The number of nitrogens with zero attached hydrogens (tertiary/aromatic N) is 1. The van der Waals surface area contributed by atoms with Crippen molar-refractivity contribution in [3.05, 3.63) is 0 Å². The van der Waals surface area contributed by atoms with Crippen LogP contribution in [0.2, 0.25) is 0 Å². The Kier molecular flexibility index (Phi) is 2.06. The van der Waals surface area contributed by atoms with Gasteiger partial charge in [-0.1, -0.05) is 0 Å². The first-order valence-electron chi connectivity index (χ1n) is 3.42. The van der Waals surface area contributed by atoms with E-state index in [0.29, 0.717) is 0 Å². The van der Waals surface area contributed by atoms with Crippen molar-refractivity contribution in [3.63, 3.8) is 0 Å². The molecule has 1 atom stereocenters. The van der Waals surface area contributed by atoms with Gasteiger partial charge in [-0.05, 0) is 13.5 Å². The lowest BCUT2D eigenvalue weighted by atomic mass is 10.1. The molecule has 0 aromatic rings. The third kappa shape index (κ3) is 1.20. The normalized spacial score (nSPS) is 34.6. The molecule has 0 N–H and O–H groups in total. The summed E-state index contributed by atoms with van der Waals surface area (Å²) in [6.45, 7) is 1.68. The van der Waals surface area contributed by atoms with Gasteiger partial charge in [0.1, 0.15) is 5.60 Å². The summed E-state index contributed by atoms with van der Waals surface area (Å²) in [7, 11) is 3.58. The number of likely N-dealkylation sites (N-methyl/N-ethyl adjacent to an activating group) is 1. The molecule has 0 amide bonds. The highest BCUT2D eigenvalue weighted by Crippen LogP contribution is 2.20. The molecule has 1 rings (SSSR count). The van der Waals surface area contributed by atoms with Crippen molar-refractivity contribution in [1.29, 1.82) is 0 Å². The molecule has 0 radical (unpaired) electrons. The molecule has 1 aliphatic rings. The molecule has 1 heterocycles. The van der Waals surface area contributed by atoms with Crippen LogP contribution in [0.15, 0.2) is 0 Å². The van der Waals surface area contributed by atoms with E-state index in [2.05, 4.69) is 4.90 Å². The predicted octanol–water partition coefficient (Wildman–Crippen LogP) is -0.0940. The number of likely N-dealkylation sites (tertiary alicyclic amines) is 1. The number of carbonyl (C=O) groups excluding carboxylic acids is 1. The fourth-order valence-corrected chi connectivity index (χ4v) is 1.31. The fourth-order valence-electron chi connectivity index (χ4n) is 1.31. The van der Waals surface area contributed by atoms with Crippen molar-refractivity contribution in [2.24, 2.45) is 0 Å². The van der Waals surface area contributed by atoms with Gasteiger partial charge in [-0.2, -0.15) is 0 Å². The van der Waals surface area contributed by atoms with Gasteiger partial charge in [0, 0.05) is 20.2 Å². The van der Waals surface area contributed by atoms with Gasteiger partial charge in [-0.25, -0.2) is 0 Å². The van der Waals surface area contributed by atoms with Crippen LogP contribution >= 0.6 is 0 Å². The Morgan fingerprint density at radius 2 is 2.40 bits per heavy atom. The van der Waals surface area contributed by atoms with E-state index in [4.69, 9.17) is 4.74 Å². The minimum Gasteiger partial charge on any atom is -0.369 e. The van der Waals surface area contributed by atoms with Crippen LogP contribution in [-0.4, -0.2) is 44.0 Å². The van der Waals surface area contributed by atoms with E-state index in [1.54, 1.807) is 7.11 Å². The van der Waals surface area contributed by atoms with E-state index in [0.717, 1.165) is 25.8 Å². The SMILES string of the molecule is COC1(C=O)CCN(C)C1. The lowest BCUT2D eigenvalue weighted by Crippen LogP contribution is -2.35. The summed E-state index contributed by atoms with van der Waals surface area (Å²) in [5, 5.41) is 0. The Hall–Kier alpha value is -0.410. The maximum Gasteiger partial charge on any atom is 0.153 e. The molecule has 1 saturated heterocycles. The van der Waals surface area contributed by atoms with Crippen LogP contribution in [0, 0.1) is 0 Å². The highest BCUT2D eigenvalue weighted by atomic mass is 16.5. The van der Waals surface area contributed by atoms with Crippen molar-refractivity contribution in [2.45, 2.75) is 12.0 Å². The van der Waals surface area contributed by atoms with Crippen LogP contribution in [-0.2, 0) is 9.53 Å². The molecule has 0 aromatic heterocycles.